The van der Waals surface area contributed by atoms with E-state index in [1.807, 2.05) is 30.3 Å². The van der Waals surface area contributed by atoms with E-state index in [2.05, 4.69) is 90.9 Å². The highest BCUT2D eigenvalue weighted by Crippen LogP contribution is 2.38. The molecule has 0 spiro atoms. The molecule has 2 N–H and O–H groups in total. The third kappa shape index (κ3) is 6.41. The molecule has 1 unspecified atom stereocenters. The van der Waals surface area contributed by atoms with Crippen molar-refractivity contribution in [2.45, 2.75) is 57.2 Å². The number of nitrogens with one attached hydrogen (secondary N) is 1. The van der Waals surface area contributed by atoms with Gasteiger partial charge in [-0.2, -0.15) is 0 Å². The average molecular weight is 521 g/mol. The predicted molar refractivity (Wildman–Crippen MR) is 159 cm³/mol. The summed E-state index contributed by atoms with van der Waals surface area (Å²) >= 11 is 0. The molecule has 39 heavy (non-hydrogen) atoms. The number of benzene rings is 4. The molecule has 4 aromatic carbocycles. The van der Waals surface area contributed by atoms with Gasteiger partial charge in [-0.05, 0) is 71.8 Å². The van der Waals surface area contributed by atoms with Gasteiger partial charge in [0.2, 0.25) is 5.91 Å². The molecule has 0 aliphatic heterocycles. The van der Waals surface area contributed by atoms with Crippen molar-refractivity contribution < 1.29 is 9.90 Å². The van der Waals surface area contributed by atoms with Gasteiger partial charge >= 0.3 is 0 Å². The van der Waals surface area contributed by atoms with E-state index in [1.54, 1.807) is 0 Å². The van der Waals surface area contributed by atoms with E-state index >= 15 is 0 Å². The van der Waals surface area contributed by atoms with Crippen LogP contribution < -0.4 is 5.32 Å². The SMILES string of the molecule is CC(c1ccc2ccccc2c1)N(C)Cc1ccc([C@H]2CCCC[C@@H]2C(=O)N[C@@H](CO)c2ccccc2)cc1. The summed E-state index contributed by atoms with van der Waals surface area (Å²) in [5.41, 5.74) is 4.77. The lowest BCUT2D eigenvalue weighted by Gasteiger charge is -2.32. The van der Waals surface area contributed by atoms with Gasteiger partial charge in [0.25, 0.3) is 0 Å². The molecular weight excluding hydrogens is 480 g/mol. The third-order valence-electron chi connectivity index (χ3n) is 8.56. The van der Waals surface area contributed by atoms with Gasteiger partial charge in [-0.25, -0.2) is 0 Å². The Morgan fingerprint density at radius 3 is 2.31 bits per heavy atom. The van der Waals surface area contributed by atoms with Crippen LogP contribution in [-0.2, 0) is 11.3 Å². The molecule has 4 heteroatoms. The van der Waals surface area contributed by atoms with Crippen LogP contribution in [0.5, 0.6) is 0 Å². The Labute approximate surface area is 232 Å². The van der Waals surface area contributed by atoms with Crippen LogP contribution in [0.1, 0.15) is 72.9 Å². The van der Waals surface area contributed by atoms with Crippen molar-refractivity contribution in [3.63, 3.8) is 0 Å². The average Bonchev–Trinajstić information content (AvgIpc) is 3.00. The molecule has 0 bridgehead atoms. The maximum absolute atomic E-state index is 13.4. The van der Waals surface area contributed by atoms with E-state index in [-0.39, 0.29) is 30.4 Å². The van der Waals surface area contributed by atoms with Crippen LogP contribution in [-0.4, -0.2) is 29.6 Å². The maximum atomic E-state index is 13.4. The lowest BCUT2D eigenvalue weighted by atomic mass is 9.74. The first-order valence-electron chi connectivity index (χ1n) is 14.3. The number of hydrogen-bond donors (Lipinski definition) is 2. The van der Waals surface area contributed by atoms with Crippen LogP contribution in [0, 0.1) is 5.92 Å². The molecule has 4 atom stereocenters. The largest absolute Gasteiger partial charge is 0.394 e. The van der Waals surface area contributed by atoms with Gasteiger partial charge in [0.05, 0.1) is 12.6 Å². The fourth-order valence-corrected chi connectivity index (χ4v) is 6.06. The molecule has 4 nitrogen and oxygen atoms in total. The van der Waals surface area contributed by atoms with Crippen molar-refractivity contribution in [1.29, 1.82) is 0 Å². The van der Waals surface area contributed by atoms with Gasteiger partial charge in [0.15, 0.2) is 0 Å². The van der Waals surface area contributed by atoms with E-state index < -0.39 is 0 Å². The maximum Gasteiger partial charge on any atom is 0.224 e. The van der Waals surface area contributed by atoms with Crippen molar-refractivity contribution >= 4 is 16.7 Å². The molecule has 5 rings (SSSR count). The molecule has 1 fully saturated rings. The van der Waals surface area contributed by atoms with Crippen LogP contribution in [0.4, 0.5) is 0 Å². The molecule has 1 aliphatic rings. The predicted octanol–water partition coefficient (Wildman–Crippen LogP) is 7.16. The minimum atomic E-state index is -0.371. The van der Waals surface area contributed by atoms with Crippen LogP contribution >= 0.6 is 0 Å². The minimum absolute atomic E-state index is 0.0515. The molecule has 0 saturated heterocycles. The second kappa shape index (κ2) is 12.6. The lowest BCUT2D eigenvalue weighted by molar-refractivity contribution is -0.127. The first-order chi connectivity index (χ1) is 19.0. The summed E-state index contributed by atoms with van der Waals surface area (Å²) in [4.78, 5) is 15.8. The third-order valence-corrected chi connectivity index (χ3v) is 8.56. The number of nitrogens with zero attached hydrogens (tertiary/aromatic N) is 1. The minimum Gasteiger partial charge on any atom is -0.394 e. The van der Waals surface area contributed by atoms with Gasteiger partial charge in [-0.15, -0.1) is 0 Å². The fourth-order valence-electron chi connectivity index (χ4n) is 6.06. The Balaban J connectivity index is 1.24. The summed E-state index contributed by atoms with van der Waals surface area (Å²) in [6.45, 7) is 3.02. The zero-order valence-corrected chi connectivity index (χ0v) is 23.1. The Morgan fingerprint density at radius 1 is 0.872 bits per heavy atom. The van der Waals surface area contributed by atoms with E-state index in [0.717, 1.165) is 37.8 Å². The summed E-state index contributed by atoms with van der Waals surface area (Å²) in [6, 6.07) is 33.8. The summed E-state index contributed by atoms with van der Waals surface area (Å²) < 4.78 is 0. The molecule has 0 radical (unpaired) electrons. The Hall–Kier alpha value is -3.47. The Morgan fingerprint density at radius 2 is 1.56 bits per heavy atom. The normalized spacial score (nSPS) is 19.1. The number of amides is 1. The molecule has 1 aliphatic carbocycles. The highest BCUT2D eigenvalue weighted by molar-refractivity contribution is 5.83. The number of aliphatic hydroxyl groups is 1. The number of carbonyl (C=O) groups excluding carboxylic acids is 1. The summed E-state index contributed by atoms with van der Waals surface area (Å²) in [6.07, 6.45) is 4.12. The van der Waals surface area contributed by atoms with Crippen molar-refractivity contribution in [2.24, 2.45) is 5.92 Å². The smallest absolute Gasteiger partial charge is 0.224 e. The molecular formula is C35H40N2O2. The zero-order chi connectivity index (χ0) is 27.2. The van der Waals surface area contributed by atoms with Gasteiger partial charge in [-0.1, -0.05) is 104 Å². The molecule has 0 heterocycles. The van der Waals surface area contributed by atoms with Gasteiger partial charge < -0.3 is 10.4 Å². The van der Waals surface area contributed by atoms with Crippen molar-refractivity contribution in [3.05, 3.63) is 119 Å². The Bertz CT molecular complexity index is 1370. The van der Waals surface area contributed by atoms with Crippen molar-refractivity contribution in [3.8, 4) is 0 Å². The van der Waals surface area contributed by atoms with E-state index in [9.17, 15) is 9.90 Å². The fraction of sp³-hybridized carbons (Fsp3) is 0.343. The number of fused-ring (bicyclic) bond motifs is 1. The van der Waals surface area contributed by atoms with E-state index in [0.29, 0.717) is 6.04 Å². The molecule has 1 saturated carbocycles. The van der Waals surface area contributed by atoms with Crippen LogP contribution in [0.15, 0.2) is 97.1 Å². The van der Waals surface area contributed by atoms with Crippen LogP contribution in [0.3, 0.4) is 0 Å². The van der Waals surface area contributed by atoms with Crippen molar-refractivity contribution in [2.75, 3.05) is 13.7 Å². The summed E-state index contributed by atoms with van der Waals surface area (Å²) in [5.74, 6) is 0.186. The number of rotatable bonds is 9. The number of carbonyl (C=O) groups is 1. The number of hydrogen-bond acceptors (Lipinski definition) is 3. The quantitative estimate of drug-likeness (QED) is 0.246. The topological polar surface area (TPSA) is 52.6 Å². The first kappa shape index (κ1) is 27.1. The van der Waals surface area contributed by atoms with E-state index in [4.69, 9.17) is 0 Å². The molecule has 0 aromatic heterocycles. The highest BCUT2D eigenvalue weighted by Gasteiger charge is 2.33. The summed E-state index contributed by atoms with van der Waals surface area (Å²) in [7, 11) is 2.18. The van der Waals surface area contributed by atoms with Crippen molar-refractivity contribution in [1.82, 2.24) is 10.2 Å². The summed E-state index contributed by atoms with van der Waals surface area (Å²) in [5, 5.41) is 15.6. The van der Waals surface area contributed by atoms with Gasteiger partial charge in [-0.3, -0.25) is 9.69 Å². The van der Waals surface area contributed by atoms with Gasteiger partial charge in [0.1, 0.15) is 0 Å². The van der Waals surface area contributed by atoms with E-state index in [1.165, 1.54) is 27.5 Å². The van der Waals surface area contributed by atoms with Gasteiger partial charge in [0, 0.05) is 18.5 Å². The molecule has 4 aromatic rings. The molecule has 1 amide bonds. The number of aliphatic hydroxyl groups excluding tert-OH is 1. The second-order valence-electron chi connectivity index (χ2n) is 11.1. The Kier molecular flexibility index (Phi) is 8.75. The molecule has 202 valence electrons. The highest BCUT2D eigenvalue weighted by atomic mass is 16.3. The zero-order valence-electron chi connectivity index (χ0n) is 23.1. The van der Waals surface area contributed by atoms with Crippen LogP contribution in [0.25, 0.3) is 10.8 Å². The second-order valence-corrected chi connectivity index (χ2v) is 11.1. The lowest BCUT2D eigenvalue weighted by Crippen LogP contribution is -2.39. The van der Waals surface area contributed by atoms with Crippen LogP contribution in [0.2, 0.25) is 0 Å². The first-order valence-corrected chi connectivity index (χ1v) is 14.3. The standard InChI is InChI=1S/C35H40N2O2/c1-25(30-21-20-27-10-6-7-13-31(27)22-30)37(2)23-26-16-18-28(19-17-26)32-14-8-9-15-33(32)35(39)36-34(24-38)29-11-4-3-5-12-29/h3-7,10-13,16-22,25,32-34,38H,8-9,14-15,23-24H2,1-2H3,(H,36,39)/t25?,32-,33+,34+/m1/s1. The monoisotopic (exact) mass is 520 g/mol.